The van der Waals surface area contributed by atoms with Crippen LogP contribution in [-0.4, -0.2) is 5.79 Å². The summed E-state index contributed by atoms with van der Waals surface area (Å²) in [6.45, 7) is 0. The summed E-state index contributed by atoms with van der Waals surface area (Å²) in [6, 6.07) is 0. The summed E-state index contributed by atoms with van der Waals surface area (Å²) in [5.41, 5.74) is 0. The predicted molar refractivity (Wildman–Crippen MR) is 64.4 cm³/mol. The summed E-state index contributed by atoms with van der Waals surface area (Å²) < 4.78 is 12.5. The molecule has 15 heavy (non-hydrogen) atoms. The van der Waals surface area contributed by atoms with E-state index in [4.69, 9.17) is 9.47 Å². The second-order valence-electron chi connectivity index (χ2n) is 4.49. The molecule has 2 fully saturated rings. The molecule has 0 aromatic carbocycles. The minimum absolute atomic E-state index is 0.303. The molecule has 1 spiro atoms. The van der Waals surface area contributed by atoms with Crippen LogP contribution in [0.3, 0.4) is 0 Å². The van der Waals surface area contributed by atoms with Gasteiger partial charge >= 0.3 is 0 Å². The molecule has 1 aliphatic heterocycles. The van der Waals surface area contributed by atoms with Gasteiger partial charge in [-0.05, 0) is 50.6 Å². The first-order chi connectivity index (χ1) is 7.20. The molecule has 2 nitrogen and oxygen atoms in total. The van der Waals surface area contributed by atoms with Gasteiger partial charge in [-0.25, -0.2) is 0 Å². The topological polar surface area (TPSA) is 18.5 Å². The first-order valence-electron chi connectivity index (χ1n) is 5.29. The van der Waals surface area contributed by atoms with Gasteiger partial charge in [-0.2, -0.15) is 0 Å². The molecule has 0 bridgehead atoms. The normalized spacial score (nSPS) is 41.3. The fourth-order valence-electron chi connectivity index (χ4n) is 3.05. The van der Waals surface area contributed by atoms with Crippen molar-refractivity contribution in [3.63, 3.8) is 0 Å². The summed E-state index contributed by atoms with van der Waals surface area (Å²) in [6.07, 6.45) is 8.62. The van der Waals surface area contributed by atoms with Crippen molar-refractivity contribution in [1.29, 1.82) is 0 Å². The van der Waals surface area contributed by atoms with Crippen LogP contribution >= 0.6 is 31.9 Å². The Bertz CT molecular complexity index is 346. The van der Waals surface area contributed by atoms with Gasteiger partial charge in [-0.15, -0.1) is 0 Å². The van der Waals surface area contributed by atoms with E-state index in [-0.39, 0.29) is 5.79 Å². The maximum Gasteiger partial charge on any atom is 0.254 e. The van der Waals surface area contributed by atoms with Gasteiger partial charge in [0.2, 0.25) is 0 Å². The first kappa shape index (κ1) is 10.2. The Balaban J connectivity index is 1.71. The molecule has 3 rings (SSSR count). The zero-order valence-corrected chi connectivity index (χ0v) is 11.4. The average Bonchev–Trinajstić information content (AvgIpc) is 2.69. The van der Waals surface area contributed by atoms with Crippen LogP contribution in [0.1, 0.15) is 25.7 Å². The van der Waals surface area contributed by atoms with E-state index in [1.807, 2.05) is 6.08 Å². The predicted octanol–water partition coefficient (Wildman–Crippen LogP) is 4.02. The maximum atomic E-state index is 5.91. The highest BCUT2D eigenvalue weighted by atomic mass is 79.9. The maximum absolute atomic E-state index is 5.91. The van der Waals surface area contributed by atoms with Gasteiger partial charge in [0, 0.05) is 18.4 Å². The molecule has 82 valence electrons. The molecule has 2 aliphatic carbocycles. The molecule has 0 amide bonds. The molecule has 0 aromatic rings. The van der Waals surface area contributed by atoms with Crippen molar-refractivity contribution in [2.45, 2.75) is 31.5 Å². The van der Waals surface area contributed by atoms with E-state index >= 15 is 0 Å². The number of halogens is 2. The highest BCUT2D eigenvalue weighted by Crippen LogP contribution is 2.58. The number of rotatable bonds is 1. The van der Waals surface area contributed by atoms with Crippen LogP contribution < -0.4 is 0 Å². The van der Waals surface area contributed by atoms with Crippen LogP contribution in [0.15, 0.2) is 21.5 Å². The Morgan fingerprint density at radius 2 is 2.33 bits per heavy atom. The molecule has 0 aromatic heterocycles. The van der Waals surface area contributed by atoms with E-state index in [1.54, 1.807) is 6.26 Å². The zero-order chi connectivity index (χ0) is 10.5. The fourth-order valence-corrected chi connectivity index (χ4v) is 3.50. The zero-order valence-electron chi connectivity index (χ0n) is 8.21. The summed E-state index contributed by atoms with van der Waals surface area (Å²) in [4.78, 5) is 0. The highest BCUT2D eigenvalue weighted by molar-refractivity contribution is 9.28. The van der Waals surface area contributed by atoms with Gasteiger partial charge in [-0.1, -0.05) is 6.42 Å². The minimum atomic E-state index is -0.303. The molecule has 3 unspecified atom stereocenters. The monoisotopic (exact) mass is 334 g/mol. The van der Waals surface area contributed by atoms with Crippen LogP contribution in [0.25, 0.3) is 0 Å². The van der Waals surface area contributed by atoms with Crippen LogP contribution in [0, 0.1) is 11.8 Å². The Morgan fingerprint density at radius 3 is 3.07 bits per heavy atom. The smallest absolute Gasteiger partial charge is 0.254 e. The minimum Gasteiger partial charge on any atom is -0.456 e. The van der Waals surface area contributed by atoms with Crippen molar-refractivity contribution in [1.82, 2.24) is 0 Å². The summed E-state index contributed by atoms with van der Waals surface area (Å²) in [5, 5.41) is 0. The van der Waals surface area contributed by atoms with E-state index in [2.05, 4.69) is 31.9 Å². The Morgan fingerprint density at radius 1 is 1.47 bits per heavy atom. The SMILES string of the molecule is BrC(Br)=CC1=COC2(CC3CCCC32)O1. The third kappa shape index (κ3) is 1.57. The van der Waals surface area contributed by atoms with Gasteiger partial charge in [0.1, 0.15) is 6.26 Å². The number of allylic oxidation sites excluding steroid dienone is 1. The lowest BCUT2D eigenvalue weighted by molar-refractivity contribution is -0.259. The van der Waals surface area contributed by atoms with Crippen molar-refractivity contribution in [2.75, 3.05) is 0 Å². The molecule has 0 saturated heterocycles. The molecular weight excluding hydrogens is 324 g/mol. The van der Waals surface area contributed by atoms with Crippen LogP contribution in [0.2, 0.25) is 0 Å². The van der Waals surface area contributed by atoms with Gasteiger partial charge < -0.3 is 9.47 Å². The molecule has 3 atom stereocenters. The third-order valence-corrected chi connectivity index (χ3v) is 4.15. The van der Waals surface area contributed by atoms with Gasteiger partial charge in [0.05, 0.1) is 3.39 Å². The third-order valence-electron chi connectivity index (χ3n) is 3.69. The summed E-state index contributed by atoms with van der Waals surface area (Å²) in [7, 11) is 0. The van der Waals surface area contributed by atoms with Crippen molar-refractivity contribution in [3.8, 4) is 0 Å². The second kappa shape index (κ2) is 3.52. The van der Waals surface area contributed by atoms with Crippen molar-refractivity contribution in [2.24, 2.45) is 11.8 Å². The van der Waals surface area contributed by atoms with E-state index in [9.17, 15) is 0 Å². The first-order valence-corrected chi connectivity index (χ1v) is 6.88. The standard InChI is InChI=1S/C11H12Br2O2/c12-10(13)4-8-6-14-11(15-8)5-7-2-1-3-9(7)11/h4,6-7,9H,1-3,5H2. The summed E-state index contributed by atoms with van der Waals surface area (Å²) >= 11 is 6.64. The average molecular weight is 336 g/mol. The lowest BCUT2D eigenvalue weighted by atomic mass is 9.70. The largest absolute Gasteiger partial charge is 0.456 e. The molecular formula is C11H12Br2O2. The van der Waals surface area contributed by atoms with Gasteiger partial charge in [-0.3, -0.25) is 0 Å². The lowest BCUT2D eigenvalue weighted by Crippen LogP contribution is -2.52. The quantitative estimate of drug-likeness (QED) is 0.720. The number of fused-ring (bicyclic) bond motifs is 2. The van der Waals surface area contributed by atoms with E-state index in [1.165, 1.54) is 19.3 Å². The van der Waals surface area contributed by atoms with Gasteiger partial charge in [0.15, 0.2) is 5.76 Å². The van der Waals surface area contributed by atoms with Crippen molar-refractivity contribution in [3.05, 3.63) is 21.5 Å². The lowest BCUT2D eigenvalue weighted by Gasteiger charge is -2.47. The number of ether oxygens (including phenoxy) is 2. The highest BCUT2D eigenvalue weighted by Gasteiger charge is 2.61. The van der Waals surface area contributed by atoms with Gasteiger partial charge in [0.25, 0.3) is 5.79 Å². The number of hydrogen-bond donors (Lipinski definition) is 0. The van der Waals surface area contributed by atoms with E-state index < -0.39 is 0 Å². The van der Waals surface area contributed by atoms with E-state index in [0.29, 0.717) is 5.92 Å². The molecule has 2 saturated carbocycles. The van der Waals surface area contributed by atoms with Crippen LogP contribution in [-0.2, 0) is 9.47 Å². The molecule has 4 heteroatoms. The Labute approximate surface area is 106 Å². The second-order valence-corrected chi connectivity index (χ2v) is 7.26. The summed E-state index contributed by atoms with van der Waals surface area (Å²) in [5.74, 6) is 1.97. The molecule has 0 radical (unpaired) electrons. The molecule has 1 heterocycles. The fraction of sp³-hybridized carbons (Fsp3) is 0.636. The molecule has 0 N–H and O–H groups in total. The van der Waals surface area contributed by atoms with E-state index in [0.717, 1.165) is 21.5 Å². The molecule has 3 aliphatic rings. The van der Waals surface area contributed by atoms with Crippen LogP contribution in [0.5, 0.6) is 0 Å². The van der Waals surface area contributed by atoms with Crippen molar-refractivity contribution >= 4 is 31.9 Å². The van der Waals surface area contributed by atoms with Crippen LogP contribution in [0.4, 0.5) is 0 Å². The Kier molecular flexibility index (Phi) is 2.40. The Hall–Kier alpha value is 0.0400. The number of hydrogen-bond acceptors (Lipinski definition) is 2. The van der Waals surface area contributed by atoms with Crippen molar-refractivity contribution < 1.29 is 9.47 Å².